The van der Waals surface area contributed by atoms with Crippen molar-refractivity contribution in [1.82, 2.24) is 0 Å². The van der Waals surface area contributed by atoms with E-state index in [2.05, 4.69) is 44.2 Å². The van der Waals surface area contributed by atoms with E-state index in [9.17, 15) is 0 Å². The summed E-state index contributed by atoms with van der Waals surface area (Å²) in [5.74, 6) is 0.948. The van der Waals surface area contributed by atoms with Crippen LogP contribution in [0.3, 0.4) is 0 Å². The highest BCUT2D eigenvalue weighted by atomic mass is 16.5. The van der Waals surface area contributed by atoms with Crippen molar-refractivity contribution in [2.75, 3.05) is 0 Å². The van der Waals surface area contributed by atoms with Gasteiger partial charge in [-0.3, -0.25) is 0 Å². The van der Waals surface area contributed by atoms with Crippen LogP contribution in [0.25, 0.3) is 0 Å². The molecule has 2 N–H and O–H groups in total. The van der Waals surface area contributed by atoms with Crippen molar-refractivity contribution in [3.8, 4) is 5.75 Å². The molecule has 0 aromatic heterocycles. The maximum atomic E-state index is 6.39. The summed E-state index contributed by atoms with van der Waals surface area (Å²) < 4.78 is 5.76. The molecular formula is C18H21NO. The summed E-state index contributed by atoms with van der Waals surface area (Å²) in [6, 6.07) is 14.5. The molecule has 2 heteroatoms. The summed E-state index contributed by atoms with van der Waals surface area (Å²) in [5, 5.41) is 0. The smallest absolute Gasteiger partial charge is 0.119 e. The quantitative estimate of drug-likeness (QED) is 0.912. The summed E-state index contributed by atoms with van der Waals surface area (Å²) in [4.78, 5) is 0. The zero-order valence-electron chi connectivity index (χ0n) is 12.1. The predicted octanol–water partition coefficient (Wildman–Crippen LogP) is 3.89. The zero-order chi connectivity index (χ0) is 14.1. The van der Waals surface area contributed by atoms with E-state index in [0.29, 0.717) is 6.10 Å². The Hall–Kier alpha value is -1.80. The molecule has 0 amide bonds. The van der Waals surface area contributed by atoms with Crippen LogP contribution in [0.2, 0.25) is 0 Å². The van der Waals surface area contributed by atoms with Crippen LogP contribution in [-0.2, 0) is 0 Å². The lowest BCUT2D eigenvalue weighted by atomic mass is 9.94. The van der Waals surface area contributed by atoms with Gasteiger partial charge in [-0.2, -0.15) is 0 Å². The van der Waals surface area contributed by atoms with Crippen LogP contribution in [0, 0.1) is 13.8 Å². The van der Waals surface area contributed by atoms with Crippen LogP contribution in [-0.4, -0.2) is 6.10 Å². The van der Waals surface area contributed by atoms with Gasteiger partial charge in [0, 0.05) is 0 Å². The Balaban J connectivity index is 1.80. The summed E-state index contributed by atoms with van der Waals surface area (Å²) >= 11 is 0. The van der Waals surface area contributed by atoms with E-state index in [1.165, 1.54) is 29.5 Å². The molecule has 2 nitrogen and oxygen atoms in total. The number of hydrogen-bond donors (Lipinski definition) is 1. The van der Waals surface area contributed by atoms with Gasteiger partial charge in [-0.15, -0.1) is 0 Å². The number of nitrogens with two attached hydrogens (primary N) is 1. The highest BCUT2D eigenvalue weighted by Crippen LogP contribution is 2.29. The molecule has 0 bridgehead atoms. The lowest BCUT2D eigenvalue weighted by molar-refractivity contribution is 0.303. The molecule has 0 aliphatic heterocycles. The van der Waals surface area contributed by atoms with Crippen LogP contribution in [0.5, 0.6) is 5.75 Å². The lowest BCUT2D eigenvalue weighted by Crippen LogP contribution is -2.13. The van der Waals surface area contributed by atoms with E-state index in [1.807, 2.05) is 12.1 Å². The Morgan fingerprint density at radius 3 is 2.35 bits per heavy atom. The fraction of sp³-hybridized carbons (Fsp3) is 0.333. The Kier molecular flexibility index (Phi) is 3.49. The summed E-state index contributed by atoms with van der Waals surface area (Å²) in [6.07, 6.45) is 2.81. The van der Waals surface area contributed by atoms with E-state index < -0.39 is 0 Å². The third kappa shape index (κ3) is 2.86. The second kappa shape index (κ2) is 5.29. The first-order chi connectivity index (χ1) is 9.63. The second-order valence-corrected chi connectivity index (χ2v) is 5.72. The average Bonchev–Trinajstić information content (AvgIpc) is 3.23. The summed E-state index contributed by atoms with van der Waals surface area (Å²) in [7, 11) is 0. The molecule has 1 aliphatic rings. The molecule has 0 saturated heterocycles. The lowest BCUT2D eigenvalue weighted by Gasteiger charge is -2.16. The van der Waals surface area contributed by atoms with Crippen LogP contribution >= 0.6 is 0 Å². The van der Waals surface area contributed by atoms with E-state index >= 15 is 0 Å². The molecule has 3 rings (SSSR count). The normalized spacial score (nSPS) is 15.9. The third-order valence-corrected chi connectivity index (χ3v) is 3.83. The van der Waals surface area contributed by atoms with Gasteiger partial charge < -0.3 is 10.5 Å². The molecular weight excluding hydrogens is 246 g/mol. The first kappa shape index (κ1) is 13.2. The molecule has 1 saturated carbocycles. The van der Waals surface area contributed by atoms with Crippen LogP contribution in [0.1, 0.15) is 41.1 Å². The zero-order valence-corrected chi connectivity index (χ0v) is 12.1. The van der Waals surface area contributed by atoms with Crippen molar-refractivity contribution in [2.45, 2.75) is 38.8 Å². The second-order valence-electron chi connectivity index (χ2n) is 5.72. The number of hydrogen-bond acceptors (Lipinski definition) is 2. The van der Waals surface area contributed by atoms with Crippen molar-refractivity contribution in [3.05, 3.63) is 64.7 Å². The molecule has 2 aromatic rings. The third-order valence-electron chi connectivity index (χ3n) is 3.83. The van der Waals surface area contributed by atoms with Gasteiger partial charge in [0.1, 0.15) is 5.75 Å². The Morgan fingerprint density at radius 2 is 1.75 bits per heavy atom. The molecule has 0 heterocycles. The van der Waals surface area contributed by atoms with Gasteiger partial charge in [0.05, 0.1) is 12.1 Å². The molecule has 1 aliphatic carbocycles. The van der Waals surface area contributed by atoms with Gasteiger partial charge in [-0.1, -0.05) is 35.9 Å². The van der Waals surface area contributed by atoms with Crippen LogP contribution < -0.4 is 10.5 Å². The SMILES string of the molecule is Cc1ccc(C(N)c2ccc(OC3CC3)cc2)c(C)c1. The minimum Gasteiger partial charge on any atom is -0.490 e. The number of aryl methyl sites for hydroxylation is 2. The van der Waals surface area contributed by atoms with Gasteiger partial charge in [-0.25, -0.2) is 0 Å². The molecule has 104 valence electrons. The van der Waals surface area contributed by atoms with E-state index in [0.717, 1.165) is 11.3 Å². The minimum atomic E-state index is -0.0782. The van der Waals surface area contributed by atoms with E-state index in [4.69, 9.17) is 10.5 Å². The summed E-state index contributed by atoms with van der Waals surface area (Å²) in [5.41, 5.74) is 11.2. The highest BCUT2D eigenvalue weighted by Gasteiger charge is 2.23. The predicted molar refractivity (Wildman–Crippen MR) is 82.0 cm³/mol. The van der Waals surface area contributed by atoms with Crippen molar-refractivity contribution < 1.29 is 4.74 Å². The first-order valence-corrected chi connectivity index (χ1v) is 7.23. The van der Waals surface area contributed by atoms with Crippen LogP contribution in [0.15, 0.2) is 42.5 Å². The molecule has 2 aromatic carbocycles. The molecule has 20 heavy (non-hydrogen) atoms. The largest absolute Gasteiger partial charge is 0.490 e. The van der Waals surface area contributed by atoms with Gasteiger partial charge >= 0.3 is 0 Å². The van der Waals surface area contributed by atoms with Gasteiger partial charge in [0.2, 0.25) is 0 Å². The summed E-state index contributed by atoms with van der Waals surface area (Å²) in [6.45, 7) is 4.22. The van der Waals surface area contributed by atoms with E-state index in [-0.39, 0.29) is 6.04 Å². The monoisotopic (exact) mass is 267 g/mol. The van der Waals surface area contributed by atoms with Crippen molar-refractivity contribution in [1.29, 1.82) is 0 Å². The van der Waals surface area contributed by atoms with Gasteiger partial charge in [-0.05, 0) is 55.5 Å². The molecule has 0 radical (unpaired) electrons. The average molecular weight is 267 g/mol. The molecule has 0 spiro atoms. The van der Waals surface area contributed by atoms with Crippen LogP contribution in [0.4, 0.5) is 0 Å². The Morgan fingerprint density at radius 1 is 1.05 bits per heavy atom. The molecule has 1 fully saturated rings. The van der Waals surface area contributed by atoms with Gasteiger partial charge in [0.25, 0.3) is 0 Å². The van der Waals surface area contributed by atoms with E-state index in [1.54, 1.807) is 0 Å². The Labute approximate surface area is 120 Å². The minimum absolute atomic E-state index is 0.0782. The fourth-order valence-corrected chi connectivity index (χ4v) is 2.49. The molecule has 1 atom stereocenters. The highest BCUT2D eigenvalue weighted by molar-refractivity contribution is 5.40. The van der Waals surface area contributed by atoms with Gasteiger partial charge in [0.15, 0.2) is 0 Å². The first-order valence-electron chi connectivity index (χ1n) is 7.23. The fourth-order valence-electron chi connectivity index (χ4n) is 2.49. The standard InChI is InChI=1S/C18H21NO/c1-12-3-10-17(13(2)11-12)18(19)14-4-6-15(7-5-14)20-16-8-9-16/h3-7,10-11,16,18H,8-9,19H2,1-2H3. The maximum Gasteiger partial charge on any atom is 0.119 e. The molecule has 1 unspecified atom stereocenters. The maximum absolute atomic E-state index is 6.39. The number of rotatable bonds is 4. The van der Waals surface area contributed by atoms with Crippen molar-refractivity contribution in [2.24, 2.45) is 5.73 Å². The number of ether oxygens (including phenoxy) is 1. The topological polar surface area (TPSA) is 35.2 Å². The van der Waals surface area contributed by atoms with Crippen molar-refractivity contribution >= 4 is 0 Å². The Bertz CT molecular complexity index is 599. The number of benzene rings is 2. The van der Waals surface area contributed by atoms with Crippen molar-refractivity contribution in [3.63, 3.8) is 0 Å².